The Morgan fingerprint density at radius 3 is 2.58 bits per heavy atom. The van der Waals surface area contributed by atoms with E-state index in [1.54, 1.807) is 11.3 Å². The van der Waals surface area contributed by atoms with Crippen molar-refractivity contribution in [1.82, 2.24) is 9.80 Å². The highest BCUT2D eigenvalue weighted by molar-refractivity contribution is 7.07. The van der Waals surface area contributed by atoms with Crippen LogP contribution in [0.15, 0.2) is 16.8 Å². The van der Waals surface area contributed by atoms with E-state index in [-0.39, 0.29) is 6.04 Å². The van der Waals surface area contributed by atoms with Crippen LogP contribution in [-0.2, 0) is 0 Å². The Hall–Kier alpha value is -0.420. The third kappa shape index (κ3) is 3.57. The van der Waals surface area contributed by atoms with Gasteiger partial charge in [-0.3, -0.25) is 4.90 Å². The standard InChI is InChI=1S/C15H27N3S/c1-4-14(16)15(12-7-10-19-11-12)18-8-5-13(6-9-18)17(2)3/h7,10-11,13-15H,4-6,8-9,16H2,1-3H3. The van der Waals surface area contributed by atoms with Crippen LogP contribution in [0.2, 0.25) is 0 Å². The Kier molecular flexibility index (Phi) is 5.39. The molecule has 108 valence electrons. The molecule has 0 bridgehead atoms. The molecule has 0 spiro atoms. The number of rotatable bonds is 5. The predicted octanol–water partition coefficient (Wildman–Crippen LogP) is 2.55. The van der Waals surface area contributed by atoms with Crippen molar-refractivity contribution in [1.29, 1.82) is 0 Å². The van der Waals surface area contributed by atoms with E-state index in [0.29, 0.717) is 6.04 Å². The Morgan fingerprint density at radius 1 is 1.42 bits per heavy atom. The number of piperidine rings is 1. The Morgan fingerprint density at radius 2 is 2.11 bits per heavy atom. The first-order valence-electron chi connectivity index (χ1n) is 7.31. The van der Waals surface area contributed by atoms with Crippen LogP contribution in [0, 0.1) is 0 Å². The van der Waals surface area contributed by atoms with Gasteiger partial charge in [0.15, 0.2) is 0 Å². The third-order valence-corrected chi connectivity index (χ3v) is 5.09. The molecule has 0 amide bonds. The summed E-state index contributed by atoms with van der Waals surface area (Å²) in [6.45, 7) is 4.52. The van der Waals surface area contributed by atoms with Gasteiger partial charge >= 0.3 is 0 Å². The van der Waals surface area contributed by atoms with Gasteiger partial charge in [0.05, 0.1) is 6.04 Å². The zero-order valence-electron chi connectivity index (χ0n) is 12.4. The van der Waals surface area contributed by atoms with Crippen molar-refractivity contribution in [2.24, 2.45) is 5.73 Å². The van der Waals surface area contributed by atoms with Crippen LogP contribution in [0.25, 0.3) is 0 Å². The van der Waals surface area contributed by atoms with Crippen LogP contribution in [0.1, 0.15) is 37.8 Å². The van der Waals surface area contributed by atoms with Crippen LogP contribution in [0.4, 0.5) is 0 Å². The van der Waals surface area contributed by atoms with Gasteiger partial charge in [0, 0.05) is 25.2 Å². The maximum atomic E-state index is 6.39. The van der Waals surface area contributed by atoms with Crippen molar-refractivity contribution in [3.05, 3.63) is 22.4 Å². The highest BCUT2D eigenvalue weighted by atomic mass is 32.1. The molecule has 0 radical (unpaired) electrons. The Balaban J connectivity index is 2.05. The number of nitrogens with zero attached hydrogens (tertiary/aromatic N) is 2. The molecule has 1 aliphatic heterocycles. The molecule has 0 aromatic carbocycles. The van der Waals surface area contributed by atoms with Gasteiger partial charge < -0.3 is 10.6 Å². The van der Waals surface area contributed by atoms with Crippen molar-refractivity contribution >= 4 is 11.3 Å². The van der Waals surface area contributed by atoms with E-state index in [2.05, 4.69) is 47.6 Å². The third-order valence-electron chi connectivity index (χ3n) is 4.38. The van der Waals surface area contributed by atoms with Crippen LogP contribution in [0.5, 0.6) is 0 Å². The number of hydrogen-bond donors (Lipinski definition) is 1. The molecule has 1 fully saturated rings. The van der Waals surface area contributed by atoms with E-state index in [9.17, 15) is 0 Å². The minimum atomic E-state index is 0.241. The van der Waals surface area contributed by atoms with Crippen LogP contribution in [-0.4, -0.2) is 49.1 Å². The summed E-state index contributed by atoms with van der Waals surface area (Å²) < 4.78 is 0. The zero-order valence-corrected chi connectivity index (χ0v) is 13.2. The molecule has 3 nitrogen and oxygen atoms in total. The van der Waals surface area contributed by atoms with Gasteiger partial charge in [-0.1, -0.05) is 6.92 Å². The van der Waals surface area contributed by atoms with E-state index >= 15 is 0 Å². The fraction of sp³-hybridized carbons (Fsp3) is 0.733. The molecule has 4 heteroatoms. The van der Waals surface area contributed by atoms with Crippen LogP contribution in [0.3, 0.4) is 0 Å². The molecule has 2 atom stereocenters. The van der Waals surface area contributed by atoms with Crippen LogP contribution >= 0.6 is 11.3 Å². The first kappa shape index (κ1) is 15.0. The molecule has 1 saturated heterocycles. The van der Waals surface area contributed by atoms with Crippen molar-refractivity contribution in [3.8, 4) is 0 Å². The van der Waals surface area contributed by atoms with Gasteiger partial charge in [-0.25, -0.2) is 0 Å². The lowest BCUT2D eigenvalue weighted by molar-refractivity contribution is 0.0950. The number of thiophene rings is 1. The monoisotopic (exact) mass is 281 g/mol. The largest absolute Gasteiger partial charge is 0.326 e. The van der Waals surface area contributed by atoms with E-state index < -0.39 is 0 Å². The van der Waals surface area contributed by atoms with Crippen molar-refractivity contribution < 1.29 is 0 Å². The van der Waals surface area contributed by atoms with Crippen molar-refractivity contribution in [2.45, 2.75) is 44.3 Å². The fourth-order valence-corrected chi connectivity index (χ4v) is 3.77. The van der Waals surface area contributed by atoms with E-state index in [4.69, 9.17) is 5.73 Å². The molecule has 2 N–H and O–H groups in total. The Labute approximate surface area is 121 Å². The zero-order chi connectivity index (χ0) is 13.8. The fourth-order valence-electron chi connectivity index (χ4n) is 3.08. The molecule has 1 aromatic rings. The SMILES string of the molecule is CCC(N)C(c1ccsc1)N1CCC(N(C)C)CC1. The number of hydrogen-bond acceptors (Lipinski definition) is 4. The summed E-state index contributed by atoms with van der Waals surface area (Å²) in [5.74, 6) is 0. The predicted molar refractivity (Wildman–Crippen MR) is 83.6 cm³/mol. The molecule has 0 aliphatic carbocycles. The van der Waals surface area contributed by atoms with Gasteiger partial charge in [-0.2, -0.15) is 11.3 Å². The average Bonchev–Trinajstić information content (AvgIpc) is 2.93. The second-order valence-electron chi connectivity index (χ2n) is 5.80. The lowest BCUT2D eigenvalue weighted by atomic mass is 9.94. The van der Waals surface area contributed by atoms with Gasteiger partial charge in [-0.15, -0.1) is 0 Å². The summed E-state index contributed by atoms with van der Waals surface area (Å²) in [6, 6.07) is 3.62. The lowest BCUT2D eigenvalue weighted by Crippen LogP contribution is -2.47. The summed E-state index contributed by atoms with van der Waals surface area (Å²) in [5, 5.41) is 4.43. The minimum absolute atomic E-state index is 0.241. The number of nitrogens with two attached hydrogens (primary N) is 1. The van der Waals surface area contributed by atoms with Gasteiger partial charge in [0.25, 0.3) is 0 Å². The van der Waals surface area contributed by atoms with Gasteiger partial charge in [-0.05, 0) is 55.7 Å². The normalized spacial score (nSPS) is 21.7. The topological polar surface area (TPSA) is 32.5 Å². The van der Waals surface area contributed by atoms with E-state index in [0.717, 1.165) is 25.6 Å². The quantitative estimate of drug-likeness (QED) is 0.900. The van der Waals surface area contributed by atoms with E-state index in [1.165, 1.54) is 18.4 Å². The first-order chi connectivity index (χ1) is 9.13. The first-order valence-corrected chi connectivity index (χ1v) is 8.26. The molecule has 2 heterocycles. The molecule has 1 aromatic heterocycles. The molecule has 2 unspecified atom stereocenters. The van der Waals surface area contributed by atoms with Crippen LogP contribution < -0.4 is 5.73 Å². The second-order valence-corrected chi connectivity index (χ2v) is 6.58. The summed E-state index contributed by atoms with van der Waals surface area (Å²) in [4.78, 5) is 4.95. The average molecular weight is 281 g/mol. The number of likely N-dealkylation sites (tertiary alicyclic amines) is 1. The summed E-state index contributed by atoms with van der Waals surface area (Å²) in [7, 11) is 4.38. The van der Waals surface area contributed by atoms with Gasteiger partial charge in [0.1, 0.15) is 0 Å². The highest BCUT2D eigenvalue weighted by Gasteiger charge is 2.30. The molecular formula is C15H27N3S. The van der Waals surface area contributed by atoms with E-state index in [1.807, 2.05) is 0 Å². The molecule has 0 saturated carbocycles. The maximum absolute atomic E-state index is 6.39. The molecule has 19 heavy (non-hydrogen) atoms. The second kappa shape index (κ2) is 6.84. The summed E-state index contributed by atoms with van der Waals surface area (Å²) in [6.07, 6.45) is 3.54. The molecular weight excluding hydrogens is 254 g/mol. The summed E-state index contributed by atoms with van der Waals surface area (Å²) in [5.41, 5.74) is 7.79. The van der Waals surface area contributed by atoms with Gasteiger partial charge in [0.2, 0.25) is 0 Å². The molecule has 1 aliphatic rings. The summed E-state index contributed by atoms with van der Waals surface area (Å²) >= 11 is 1.77. The smallest absolute Gasteiger partial charge is 0.0507 e. The van der Waals surface area contributed by atoms with Crippen molar-refractivity contribution in [2.75, 3.05) is 27.2 Å². The lowest BCUT2D eigenvalue weighted by Gasteiger charge is -2.41. The minimum Gasteiger partial charge on any atom is -0.326 e. The molecule has 2 rings (SSSR count). The van der Waals surface area contributed by atoms with Crippen molar-refractivity contribution in [3.63, 3.8) is 0 Å². The Bertz CT molecular complexity index is 355. The highest BCUT2D eigenvalue weighted by Crippen LogP contribution is 2.30. The maximum Gasteiger partial charge on any atom is 0.0507 e.